The van der Waals surface area contributed by atoms with E-state index in [1.807, 2.05) is 13.8 Å². The molecule has 1 aliphatic heterocycles. The molecule has 1 atom stereocenters. The van der Waals surface area contributed by atoms with Crippen molar-refractivity contribution in [3.63, 3.8) is 0 Å². The molecule has 0 radical (unpaired) electrons. The Hall–Kier alpha value is -4.18. The van der Waals surface area contributed by atoms with Crippen molar-refractivity contribution in [3.05, 3.63) is 71.5 Å². The number of pyridine rings is 2. The lowest BCUT2D eigenvalue weighted by molar-refractivity contribution is -0.116. The largest absolute Gasteiger partial charge is 0.336 e. The minimum atomic E-state index is -0.530. The predicted octanol–water partition coefficient (Wildman–Crippen LogP) is 6.51. The Bertz CT molecular complexity index is 1720. The number of halogens is 1. The lowest BCUT2D eigenvalue weighted by Crippen LogP contribution is -2.10. The number of rotatable bonds is 6. The maximum Gasteiger partial charge on any atom is 0.224 e. The third-order valence-corrected chi connectivity index (χ3v) is 7.67. The second-order valence-electron chi connectivity index (χ2n) is 9.18. The van der Waals surface area contributed by atoms with Gasteiger partial charge in [0, 0.05) is 35.2 Å². The fourth-order valence-electron chi connectivity index (χ4n) is 4.69. The van der Waals surface area contributed by atoms with Crippen molar-refractivity contribution in [3.8, 4) is 22.6 Å². The Morgan fingerprint density at radius 2 is 2.11 bits per heavy atom. The number of aromatic nitrogens is 6. The topological polar surface area (TPSA) is 109 Å². The number of thioether (sulfide) groups is 1. The van der Waals surface area contributed by atoms with E-state index in [2.05, 4.69) is 53.9 Å². The molecule has 6 rings (SSSR count). The quantitative estimate of drug-likeness (QED) is 0.260. The van der Waals surface area contributed by atoms with Gasteiger partial charge in [0.1, 0.15) is 17.8 Å². The van der Waals surface area contributed by atoms with Crippen LogP contribution in [0.2, 0.25) is 0 Å². The molecule has 0 spiro atoms. The van der Waals surface area contributed by atoms with E-state index in [1.54, 1.807) is 17.8 Å². The third-order valence-electron chi connectivity index (χ3n) is 6.55. The highest BCUT2D eigenvalue weighted by molar-refractivity contribution is 8.02. The molecule has 5 heterocycles. The highest BCUT2D eigenvalue weighted by atomic mass is 32.2. The second-order valence-corrected chi connectivity index (χ2v) is 10.3. The van der Waals surface area contributed by atoms with E-state index in [9.17, 15) is 4.79 Å². The number of aryl methyl sites for hydroxylation is 1. The zero-order valence-electron chi connectivity index (χ0n) is 20.8. The molecule has 38 heavy (non-hydrogen) atoms. The van der Waals surface area contributed by atoms with Crippen LogP contribution in [0.15, 0.2) is 54.6 Å². The molecule has 1 amide bonds. The summed E-state index contributed by atoms with van der Waals surface area (Å²) in [6.07, 6.45) is 10.1. The van der Waals surface area contributed by atoms with Gasteiger partial charge in [-0.3, -0.25) is 9.78 Å². The summed E-state index contributed by atoms with van der Waals surface area (Å²) in [5.74, 6) is -0.196. The normalized spacial score (nSPS) is 15.0. The molecule has 8 nitrogen and oxygen atoms in total. The predicted molar refractivity (Wildman–Crippen MR) is 148 cm³/mol. The van der Waals surface area contributed by atoms with Gasteiger partial charge in [-0.25, -0.2) is 24.3 Å². The molecule has 10 heteroatoms. The number of nitrogens with one attached hydrogen (secondary N) is 2. The average molecular weight is 526 g/mol. The van der Waals surface area contributed by atoms with Gasteiger partial charge < -0.3 is 10.3 Å². The number of carbonyl (C=O) groups excluding carboxylic acids is 1. The van der Waals surface area contributed by atoms with E-state index in [-0.39, 0.29) is 22.5 Å². The highest BCUT2D eigenvalue weighted by Crippen LogP contribution is 2.42. The van der Waals surface area contributed by atoms with Crippen molar-refractivity contribution in [1.82, 2.24) is 29.9 Å². The Balaban J connectivity index is 1.47. The SMILES string of the molecule is CCCC(=O)Nc1cncc(-c2cnc3ncnc(-c4nc5c(C)ccc(C6CC=CS6)c5[nH]4)c3c2F)c1. The number of benzene rings is 1. The molecule has 4 aromatic heterocycles. The van der Waals surface area contributed by atoms with Crippen LogP contribution in [0.1, 0.15) is 42.6 Å². The number of amides is 1. The molecule has 0 fully saturated rings. The summed E-state index contributed by atoms with van der Waals surface area (Å²) in [5, 5.41) is 5.39. The Kier molecular flexibility index (Phi) is 6.32. The van der Waals surface area contributed by atoms with E-state index in [0.29, 0.717) is 34.4 Å². The van der Waals surface area contributed by atoms with Crippen LogP contribution in [-0.2, 0) is 4.79 Å². The molecule has 0 bridgehead atoms. The van der Waals surface area contributed by atoms with E-state index in [1.165, 1.54) is 24.9 Å². The number of fused-ring (bicyclic) bond motifs is 2. The molecule has 0 saturated carbocycles. The van der Waals surface area contributed by atoms with Crippen LogP contribution in [0.5, 0.6) is 0 Å². The summed E-state index contributed by atoms with van der Waals surface area (Å²) < 4.78 is 16.2. The van der Waals surface area contributed by atoms with Crippen LogP contribution in [0.4, 0.5) is 10.1 Å². The van der Waals surface area contributed by atoms with Crippen LogP contribution in [0, 0.1) is 12.7 Å². The van der Waals surface area contributed by atoms with Gasteiger partial charge in [-0.05, 0) is 42.4 Å². The molecule has 0 saturated heterocycles. The van der Waals surface area contributed by atoms with Crippen LogP contribution in [0.3, 0.4) is 0 Å². The first-order chi connectivity index (χ1) is 18.5. The number of allylic oxidation sites excluding steroid dienone is 1. The third kappa shape index (κ3) is 4.30. The van der Waals surface area contributed by atoms with Crippen molar-refractivity contribution in [2.75, 3.05) is 5.32 Å². The number of imidazole rings is 1. The molecule has 5 aromatic rings. The van der Waals surface area contributed by atoms with Gasteiger partial charge >= 0.3 is 0 Å². The van der Waals surface area contributed by atoms with Crippen molar-refractivity contribution >= 4 is 45.4 Å². The lowest BCUT2D eigenvalue weighted by Gasteiger charge is -2.10. The Morgan fingerprint density at radius 3 is 2.92 bits per heavy atom. The Labute approximate surface area is 222 Å². The minimum absolute atomic E-state index is 0.120. The number of hydrogen-bond donors (Lipinski definition) is 2. The maximum absolute atomic E-state index is 16.2. The number of anilines is 1. The first-order valence-electron chi connectivity index (χ1n) is 12.4. The number of hydrogen-bond acceptors (Lipinski definition) is 7. The van der Waals surface area contributed by atoms with Gasteiger partial charge in [0.25, 0.3) is 0 Å². The molecule has 1 aliphatic rings. The lowest BCUT2D eigenvalue weighted by atomic mass is 10.0. The standard InChI is InChI=1S/C28H24FN7OS/c1-3-5-21(37)34-17-10-16(11-30-12-17)19-13-31-27-22(23(19)29)26(32-14-33-27)28-35-24-15(2)7-8-18(25(24)36-28)20-6-4-9-38-20/h4,7-14,20H,3,5-6H2,1-2H3,(H,34,37)(H,35,36). The van der Waals surface area contributed by atoms with Crippen molar-refractivity contribution in [2.24, 2.45) is 0 Å². The number of nitrogens with zero attached hydrogens (tertiary/aromatic N) is 5. The van der Waals surface area contributed by atoms with E-state index in [4.69, 9.17) is 4.98 Å². The smallest absolute Gasteiger partial charge is 0.224 e. The van der Waals surface area contributed by atoms with E-state index >= 15 is 4.39 Å². The summed E-state index contributed by atoms with van der Waals surface area (Å²) in [7, 11) is 0. The summed E-state index contributed by atoms with van der Waals surface area (Å²) >= 11 is 1.78. The van der Waals surface area contributed by atoms with E-state index < -0.39 is 5.82 Å². The minimum Gasteiger partial charge on any atom is -0.336 e. The number of H-pyrrole nitrogens is 1. The van der Waals surface area contributed by atoms with Crippen LogP contribution >= 0.6 is 11.8 Å². The molecular formula is C28H24FN7OS. The van der Waals surface area contributed by atoms with Crippen molar-refractivity contribution in [2.45, 2.75) is 38.4 Å². The summed E-state index contributed by atoms with van der Waals surface area (Å²) in [6, 6.07) is 5.88. The Morgan fingerprint density at radius 1 is 1.21 bits per heavy atom. The van der Waals surface area contributed by atoms with Crippen LogP contribution < -0.4 is 5.32 Å². The summed E-state index contributed by atoms with van der Waals surface area (Å²) in [5.41, 5.74) is 5.70. The second kappa shape index (κ2) is 9.94. The highest BCUT2D eigenvalue weighted by Gasteiger charge is 2.23. The molecule has 1 unspecified atom stereocenters. The van der Waals surface area contributed by atoms with Gasteiger partial charge in [0.2, 0.25) is 5.91 Å². The van der Waals surface area contributed by atoms with Crippen molar-refractivity contribution < 1.29 is 9.18 Å². The van der Waals surface area contributed by atoms with E-state index in [0.717, 1.165) is 35.0 Å². The van der Waals surface area contributed by atoms with Gasteiger partial charge in [-0.2, -0.15) is 0 Å². The molecule has 190 valence electrons. The molecule has 2 N–H and O–H groups in total. The average Bonchev–Trinajstić information content (AvgIpc) is 3.61. The number of carbonyl (C=O) groups is 1. The van der Waals surface area contributed by atoms with Gasteiger partial charge in [-0.15, -0.1) is 11.8 Å². The van der Waals surface area contributed by atoms with Gasteiger partial charge in [0.05, 0.1) is 28.3 Å². The van der Waals surface area contributed by atoms with Crippen LogP contribution in [-0.4, -0.2) is 35.8 Å². The molecular weight excluding hydrogens is 501 g/mol. The first-order valence-corrected chi connectivity index (χ1v) is 13.3. The van der Waals surface area contributed by atoms with Crippen LogP contribution in [0.25, 0.3) is 44.7 Å². The first kappa shape index (κ1) is 24.2. The van der Waals surface area contributed by atoms with Crippen molar-refractivity contribution in [1.29, 1.82) is 0 Å². The fourth-order valence-corrected chi connectivity index (χ4v) is 5.67. The zero-order chi connectivity index (χ0) is 26.2. The summed E-state index contributed by atoms with van der Waals surface area (Å²) in [6.45, 7) is 3.94. The van der Waals surface area contributed by atoms with Gasteiger partial charge in [-0.1, -0.05) is 25.1 Å². The number of aromatic amines is 1. The fraction of sp³-hybridized carbons (Fsp3) is 0.214. The summed E-state index contributed by atoms with van der Waals surface area (Å²) in [4.78, 5) is 37.6. The molecule has 1 aromatic carbocycles. The molecule has 0 aliphatic carbocycles. The van der Waals surface area contributed by atoms with Gasteiger partial charge in [0.15, 0.2) is 11.5 Å². The monoisotopic (exact) mass is 525 g/mol. The zero-order valence-corrected chi connectivity index (χ0v) is 21.6. The maximum atomic E-state index is 16.2.